The van der Waals surface area contributed by atoms with Crippen molar-refractivity contribution in [1.82, 2.24) is 5.43 Å². The molecule has 2 rings (SSSR count). The molecule has 1 aliphatic heterocycles. The van der Waals surface area contributed by atoms with Crippen LogP contribution in [0.1, 0.15) is 18.4 Å². The molecule has 1 amide bonds. The van der Waals surface area contributed by atoms with Crippen molar-refractivity contribution < 1.29 is 13.9 Å². The number of hydrogen-bond acceptors (Lipinski definition) is 3. The van der Waals surface area contributed by atoms with Gasteiger partial charge in [-0.2, -0.15) is 0 Å². The Labute approximate surface area is 113 Å². The van der Waals surface area contributed by atoms with Crippen LogP contribution >= 0.6 is 15.9 Å². The SMILES string of the molecule is NNC(=O)C1(c2cc(Br)ccc2F)CCOCC1. The van der Waals surface area contributed by atoms with Crippen molar-refractivity contribution in [3.63, 3.8) is 0 Å². The van der Waals surface area contributed by atoms with Crippen LogP contribution in [0.2, 0.25) is 0 Å². The molecule has 98 valence electrons. The lowest BCUT2D eigenvalue weighted by molar-refractivity contribution is -0.130. The minimum Gasteiger partial charge on any atom is -0.381 e. The van der Waals surface area contributed by atoms with E-state index in [1.807, 2.05) is 0 Å². The van der Waals surface area contributed by atoms with Gasteiger partial charge in [-0.05, 0) is 31.0 Å². The maximum atomic E-state index is 14.0. The van der Waals surface area contributed by atoms with E-state index < -0.39 is 11.2 Å². The number of carbonyl (C=O) groups is 1. The monoisotopic (exact) mass is 316 g/mol. The summed E-state index contributed by atoms with van der Waals surface area (Å²) in [4.78, 5) is 12.1. The zero-order valence-electron chi connectivity index (χ0n) is 9.71. The maximum absolute atomic E-state index is 14.0. The average molecular weight is 317 g/mol. The van der Waals surface area contributed by atoms with Gasteiger partial charge in [0.05, 0.1) is 5.41 Å². The van der Waals surface area contributed by atoms with Gasteiger partial charge in [-0.15, -0.1) is 0 Å². The van der Waals surface area contributed by atoms with Crippen molar-refractivity contribution in [3.05, 3.63) is 34.1 Å². The molecule has 1 aromatic rings. The Kier molecular flexibility index (Phi) is 3.99. The van der Waals surface area contributed by atoms with Crippen LogP contribution in [0.15, 0.2) is 22.7 Å². The molecule has 0 saturated carbocycles. The van der Waals surface area contributed by atoms with Crippen LogP contribution in [0, 0.1) is 5.82 Å². The van der Waals surface area contributed by atoms with Gasteiger partial charge in [0.1, 0.15) is 5.82 Å². The Morgan fingerprint density at radius 3 is 2.72 bits per heavy atom. The van der Waals surface area contributed by atoms with Gasteiger partial charge >= 0.3 is 0 Å². The average Bonchev–Trinajstić information content (AvgIpc) is 2.41. The van der Waals surface area contributed by atoms with Gasteiger partial charge in [-0.1, -0.05) is 15.9 Å². The highest BCUT2D eigenvalue weighted by Gasteiger charge is 2.43. The summed E-state index contributed by atoms with van der Waals surface area (Å²) in [5.41, 5.74) is 1.56. The summed E-state index contributed by atoms with van der Waals surface area (Å²) in [6, 6.07) is 4.59. The molecule has 0 unspecified atom stereocenters. The largest absolute Gasteiger partial charge is 0.381 e. The number of halogens is 2. The third-order valence-electron chi connectivity index (χ3n) is 3.36. The highest BCUT2D eigenvalue weighted by molar-refractivity contribution is 9.10. The van der Waals surface area contributed by atoms with Crippen molar-refractivity contribution in [2.75, 3.05) is 13.2 Å². The number of rotatable bonds is 2. The second-order valence-electron chi connectivity index (χ2n) is 4.29. The summed E-state index contributed by atoms with van der Waals surface area (Å²) in [5.74, 6) is 4.47. The van der Waals surface area contributed by atoms with E-state index in [4.69, 9.17) is 10.6 Å². The molecule has 0 radical (unpaired) electrons. The summed E-state index contributed by atoms with van der Waals surface area (Å²) < 4.78 is 20.0. The molecule has 1 fully saturated rings. The molecular weight excluding hydrogens is 303 g/mol. The van der Waals surface area contributed by atoms with Crippen LogP contribution < -0.4 is 11.3 Å². The summed E-state index contributed by atoms with van der Waals surface area (Å²) in [6.45, 7) is 0.832. The van der Waals surface area contributed by atoms with Crippen LogP contribution in [-0.2, 0) is 14.9 Å². The number of carbonyl (C=O) groups excluding carboxylic acids is 1. The van der Waals surface area contributed by atoms with E-state index in [-0.39, 0.29) is 5.91 Å². The van der Waals surface area contributed by atoms with Gasteiger partial charge in [0, 0.05) is 23.2 Å². The van der Waals surface area contributed by atoms with Crippen molar-refractivity contribution >= 4 is 21.8 Å². The molecule has 0 bridgehead atoms. The number of hydrogen-bond donors (Lipinski definition) is 2. The first kappa shape index (κ1) is 13.5. The molecule has 1 aliphatic rings. The van der Waals surface area contributed by atoms with Gasteiger partial charge in [0.25, 0.3) is 0 Å². The molecule has 0 aromatic heterocycles. The summed E-state index contributed by atoms with van der Waals surface area (Å²) >= 11 is 3.30. The maximum Gasteiger partial charge on any atom is 0.244 e. The van der Waals surface area contributed by atoms with Crippen LogP contribution in [0.5, 0.6) is 0 Å². The lowest BCUT2D eigenvalue weighted by atomic mass is 9.73. The molecule has 18 heavy (non-hydrogen) atoms. The third-order valence-corrected chi connectivity index (χ3v) is 3.85. The predicted octanol–water partition coefficient (Wildman–Crippen LogP) is 1.63. The quantitative estimate of drug-likeness (QED) is 0.495. The van der Waals surface area contributed by atoms with E-state index in [2.05, 4.69) is 21.4 Å². The zero-order valence-corrected chi connectivity index (χ0v) is 11.3. The van der Waals surface area contributed by atoms with E-state index in [1.54, 1.807) is 12.1 Å². The van der Waals surface area contributed by atoms with Crippen molar-refractivity contribution in [3.8, 4) is 0 Å². The minimum atomic E-state index is -0.944. The van der Waals surface area contributed by atoms with E-state index in [0.29, 0.717) is 31.6 Å². The second kappa shape index (κ2) is 5.34. The number of hydrazine groups is 1. The number of ether oxygens (including phenoxy) is 1. The lowest BCUT2D eigenvalue weighted by Gasteiger charge is -2.35. The fourth-order valence-electron chi connectivity index (χ4n) is 2.34. The van der Waals surface area contributed by atoms with Crippen LogP contribution in [0.25, 0.3) is 0 Å². The Bertz CT molecular complexity index is 461. The first-order valence-corrected chi connectivity index (χ1v) is 6.44. The molecule has 3 N–H and O–H groups in total. The normalized spacial score (nSPS) is 18.4. The predicted molar refractivity (Wildman–Crippen MR) is 68.2 cm³/mol. The van der Waals surface area contributed by atoms with Gasteiger partial charge in [0.15, 0.2) is 0 Å². The molecule has 4 nitrogen and oxygen atoms in total. The standard InChI is InChI=1S/C12H14BrFN2O2/c13-8-1-2-10(14)9(7-8)12(11(17)16-15)3-5-18-6-4-12/h1-2,7H,3-6,15H2,(H,16,17). The van der Waals surface area contributed by atoms with Gasteiger partial charge < -0.3 is 4.74 Å². The lowest BCUT2D eigenvalue weighted by Crippen LogP contribution is -2.50. The van der Waals surface area contributed by atoms with E-state index in [0.717, 1.165) is 4.47 Å². The first-order chi connectivity index (χ1) is 8.60. The van der Waals surface area contributed by atoms with Crippen molar-refractivity contribution in [1.29, 1.82) is 0 Å². The summed E-state index contributed by atoms with van der Waals surface area (Å²) in [6.07, 6.45) is 0.840. The fraction of sp³-hybridized carbons (Fsp3) is 0.417. The molecule has 1 heterocycles. The zero-order chi connectivity index (χ0) is 13.2. The highest BCUT2D eigenvalue weighted by atomic mass is 79.9. The summed E-state index contributed by atoms with van der Waals surface area (Å²) in [5, 5.41) is 0. The van der Waals surface area contributed by atoms with Crippen molar-refractivity contribution in [2.24, 2.45) is 5.84 Å². The highest BCUT2D eigenvalue weighted by Crippen LogP contribution is 2.37. The second-order valence-corrected chi connectivity index (χ2v) is 5.21. The molecule has 0 spiro atoms. The van der Waals surface area contributed by atoms with Crippen LogP contribution in [0.3, 0.4) is 0 Å². The number of amides is 1. The smallest absolute Gasteiger partial charge is 0.244 e. The van der Waals surface area contributed by atoms with Crippen LogP contribution in [-0.4, -0.2) is 19.1 Å². The summed E-state index contributed by atoms with van der Waals surface area (Å²) in [7, 11) is 0. The number of nitrogens with two attached hydrogens (primary N) is 1. The number of nitrogens with one attached hydrogen (secondary N) is 1. The molecule has 0 atom stereocenters. The van der Waals surface area contributed by atoms with E-state index in [1.165, 1.54) is 6.07 Å². The first-order valence-electron chi connectivity index (χ1n) is 5.64. The van der Waals surface area contributed by atoms with E-state index >= 15 is 0 Å². The third kappa shape index (κ3) is 2.28. The molecule has 6 heteroatoms. The molecule has 1 aromatic carbocycles. The number of benzene rings is 1. The Hall–Kier alpha value is -0.980. The van der Waals surface area contributed by atoms with E-state index in [9.17, 15) is 9.18 Å². The Morgan fingerprint density at radius 2 is 2.11 bits per heavy atom. The molecule has 0 aliphatic carbocycles. The van der Waals surface area contributed by atoms with Gasteiger partial charge in [0.2, 0.25) is 5.91 Å². The Balaban J connectivity index is 2.51. The topological polar surface area (TPSA) is 64.3 Å². The van der Waals surface area contributed by atoms with Crippen molar-refractivity contribution in [2.45, 2.75) is 18.3 Å². The Morgan fingerprint density at radius 1 is 1.44 bits per heavy atom. The molecule has 1 saturated heterocycles. The van der Waals surface area contributed by atoms with Gasteiger partial charge in [-0.3, -0.25) is 10.2 Å². The fourth-order valence-corrected chi connectivity index (χ4v) is 2.70. The van der Waals surface area contributed by atoms with Crippen LogP contribution in [0.4, 0.5) is 4.39 Å². The van der Waals surface area contributed by atoms with Gasteiger partial charge in [-0.25, -0.2) is 10.2 Å². The minimum absolute atomic E-state index is 0.364. The molecular formula is C12H14BrFN2O2.